The van der Waals surface area contributed by atoms with Crippen molar-refractivity contribution in [2.45, 2.75) is 6.10 Å². The van der Waals surface area contributed by atoms with Gasteiger partial charge in [-0.05, 0) is 43.4 Å². The molecule has 0 saturated carbocycles. The molecule has 2 fully saturated rings. The highest BCUT2D eigenvalue weighted by Crippen LogP contribution is 2.23. The number of ether oxygens (including phenoxy) is 1. The highest BCUT2D eigenvalue weighted by atomic mass is 35.5. The number of piperazine rings is 1. The van der Waals surface area contributed by atoms with Crippen molar-refractivity contribution in [1.82, 2.24) is 14.8 Å². The second kappa shape index (κ2) is 11.0. The Hall–Kier alpha value is -1.77. The minimum Gasteiger partial charge on any atom is -0.455 e. The fourth-order valence-electron chi connectivity index (χ4n) is 3.33. The molecule has 0 spiro atoms. The first-order valence-corrected chi connectivity index (χ1v) is 9.73. The molecule has 0 aliphatic carbocycles. The van der Waals surface area contributed by atoms with E-state index < -0.39 is 6.09 Å². The highest BCUT2D eigenvalue weighted by Gasteiger charge is 2.33. The van der Waals surface area contributed by atoms with Crippen LogP contribution in [0.3, 0.4) is 0 Å². The van der Waals surface area contributed by atoms with E-state index in [1.54, 1.807) is 6.21 Å². The predicted molar refractivity (Wildman–Crippen MR) is 122 cm³/mol. The van der Waals surface area contributed by atoms with Crippen LogP contribution < -0.4 is 0 Å². The van der Waals surface area contributed by atoms with E-state index in [0.29, 0.717) is 17.3 Å². The molecule has 1 amide bonds. The van der Waals surface area contributed by atoms with Crippen molar-refractivity contribution in [2.24, 2.45) is 5.10 Å². The third kappa shape index (κ3) is 6.12. The molecule has 1 atom stereocenters. The van der Waals surface area contributed by atoms with Gasteiger partial charge >= 0.3 is 6.09 Å². The first-order chi connectivity index (χ1) is 13.6. The van der Waals surface area contributed by atoms with Gasteiger partial charge in [0.1, 0.15) is 17.6 Å². The zero-order valence-corrected chi connectivity index (χ0v) is 19.0. The van der Waals surface area contributed by atoms with E-state index in [-0.39, 0.29) is 30.9 Å². The summed E-state index contributed by atoms with van der Waals surface area (Å²) in [5, 5.41) is 6.27. The average Bonchev–Trinajstić information content (AvgIpc) is 3.29. The minimum atomic E-state index is -0.417. The lowest BCUT2D eigenvalue weighted by Gasteiger charge is -2.33. The van der Waals surface area contributed by atoms with Crippen LogP contribution >= 0.6 is 36.4 Å². The SMILES string of the molecule is CN1CCN(CC2CN(/N=C/c3ccc(-c4ccc(Cl)cc4)o3)C(=O)O2)CC1.Cl.Cl. The topological polar surface area (TPSA) is 61.5 Å². The third-order valence-electron chi connectivity index (χ3n) is 4.99. The number of hydrazone groups is 1. The molecule has 2 aliphatic heterocycles. The molecule has 30 heavy (non-hydrogen) atoms. The number of carbonyl (C=O) groups is 1. The Morgan fingerprint density at radius 1 is 1.10 bits per heavy atom. The van der Waals surface area contributed by atoms with Crippen molar-refractivity contribution < 1.29 is 13.9 Å². The van der Waals surface area contributed by atoms with Gasteiger partial charge in [0.25, 0.3) is 0 Å². The quantitative estimate of drug-likeness (QED) is 0.615. The summed E-state index contributed by atoms with van der Waals surface area (Å²) in [7, 11) is 2.12. The van der Waals surface area contributed by atoms with Gasteiger partial charge in [-0.3, -0.25) is 4.90 Å². The Kier molecular flexibility index (Phi) is 9.00. The molecule has 4 rings (SSSR count). The second-order valence-electron chi connectivity index (χ2n) is 7.15. The Balaban J connectivity index is 0.00000160. The van der Waals surface area contributed by atoms with Gasteiger partial charge in [-0.15, -0.1) is 24.8 Å². The lowest BCUT2D eigenvalue weighted by Crippen LogP contribution is -2.47. The number of hydrogen-bond acceptors (Lipinski definition) is 6. The van der Waals surface area contributed by atoms with Crippen LogP contribution in [0.4, 0.5) is 4.79 Å². The molecule has 0 bridgehead atoms. The van der Waals surface area contributed by atoms with E-state index in [1.165, 1.54) is 5.01 Å². The molecular weight excluding hydrogens is 451 g/mol. The number of likely N-dealkylation sites (N-methyl/N-ethyl adjacent to an activating group) is 1. The van der Waals surface area contributed by atoms with E-state index in [2.05, 4.69) is 21.9 Å². The van der Waals surface area contributed by atoms with E-state index in [9.17, 15) is 4.79 Å². The first-order valence-electron chi connectivity index (χ1n) is 9.35. The molecule has 3 heterocycles. The van der Waals surface area contributed by atoms with E-state index in [1.807, 2.05) is 36.4 Å². The van der Waals surface area contributed by atoms with Gasteiger partial charge in [-0.1, -0.05) is 11.6 Å². The number of carbonyl (C=O) groups excluding carboxylic acids is 1. The van der Waals surface area contributed by atoms with Crippen molar-refractivity contribution >= 4 is 48.7 Å². The van der Waals surface area contributed by atoms with Crippen LogP contribution in [0.2, 0.25) is 5.02 Å². The van der Waals surface area contributed by atoms with Crippen LogP contribution in [0.25, 0.3) is 11.3 Å². The largest absolute Gasteiger partial charge is 0.455 e. The molecule has 0 N–H and O–H groups in total. The summed E-state index contributed by atoms with van der Waals surface area (Å²) in [6.45, 7) is 5.26. The fraction of sp³-hybridized carbons (Fsp3) is 0.400. The minimum absolute atomic E-state index is 0. The molecule has 1 unspecified atom stereocenters. The molecule has 1 aromatic heterocycles. The van der Waals surface area contributed by atoms with Gasteiger partial charge in [0.15, 0.2) is 0 Å². The van der Waals surface area contributed by atoms with Gasteiger partial charge in [0.05, 0.1) is 12.8 Å². The third-order valence-corrected chi connectivity index (χ3v) is 5.24. The Labute approximate surface area is 193 Å². The lowest BCUT2D eigenvalue weighted by molar-refractivity contribution is 0.0835. The molecule has 2 saturated heterocycles. The summed E-state index contributed by atoms with van der Waals surface area (Å²) in [6, 6.07) is 11.1. The molecule has 2 aromatic rings. The van der Waals surface area contributed by atoms with Crippen LogP contribution in [0, 0.1) is 0 Å². The Bertz CT molecular complexity index is 851. The van der Waals surface area contributed by atoms with E-state index in [4.69, 9.17) is 20.8 Å². The van der Waals surface area contributed by atoms with Crippen molar-refractivity contribution in [2.75, 3.05) is 46.3 Å². The van der Waals surface area contributed by atoms with Crippen molar-refractivity contribution in [3.8, 4) is 11.3 Å². The number of rotatable bonds is 5. The van der Waals surface area contributed by atoms with Crippen LogP contribution in [0.15, 0.2) is 45.9 Å². The maximum absolute atomic E-state index is 12.1. The second-order valence-corrected chi connectivity index (χ2v) is 7.58. The normalized spacial score (nSPS) is 20.1. The molecule has 7 nitrogen and oxygen atoms in total. The molecule has 10 heteroatoms. The summed E-state index contributed by atoms with van der Waals surface area (Å²) in [6.07, 6.45) is 0.966. The van der Waals surface area contributed by atoms with Crippen molar-refractivity contribution in [3.63, 3.8) is 0 Å². The number of benzene rings is 1. The Morgan fingerprint density at radius 3 is 2.50 bits per heavy atom. The van der Waals surface area contributed by atoms with Crippen LogP contribution in [0.5, 0.6) is 0 Å². The number of cyclic esters (lactones) is 1. The summed E-state index contributed by atoms with van der Waals surface area (Å²) in [4.78, 5) is 16.7. The highest BCUT2D eigenvalue weighted by molar-refractivity contribution is 6.30. The monoisotopic (exact) mass is 474 g/mol. The van der Waals surface area contributed by atoms with Gasteiger partial charge in [0.2, 0.25) is 0 Å². The number of halogens is 3. The predicted octanol–water partition coefficient (Wildman–Crippen LogP) is 3.85. The standard InChI is InChI=1S/C20H23ClN4O3.2ClH/c1-23-8-10-24(11-9-23)13-18-14-25(20(26)28-18)22-12-17-6-7-19(27-17)15-2-4-16(21)5-3-15;;/h2-7,12,18H,8-11,13-14H2,1H3;2*1H/b22-12+;;. The average molecular weight is 476 g/mol. The van der Waals surface area contributed by atoms with E-state index in [0.717, 1.165) is 44.0 Å². The fourth-order valence-corrected chi connectivity index (χ4v) is 3.46. The maximum Gasteiger partial charge on any atom is 0.430 e. The summed E-state index contributed by atoms with van der Waals surface area (Å²) < 4.78 is 11.2. The Morgan fingerprint density at radius 2 is 1.80 bits per heavy atom. The van der Waals surface area contributed by atoms with Crippen LogP contribution in [-0.4, -0.2) is 79.5 Å². The van der Waals surface area contributed by atoms with Crippen molar-refractivity contribution in [3.05, 3.63) is 47.2 Å². The summed E-state index contributed by atoms with van der Waals surface area (Å²) >= 11 is 5.91. The molecular formula is C20H25Cl3N4O3. The number of hydrogen-bond donors (Lipinski definition) is 0. The molecule has 1 aromatic carbocycles. The smallest absolute Gasteiger partial charge is 0.430 e. The zero-order valence-electron chi connectivity index (χ0n) is 16.6. The van der Waals surface area contributed by atoms with Crippen molar-refractivity contribution in [1.29, 1.82) is 0 Å². The zero-order chi connectivity index (χ0) is 19.5. The van der Waals surface area contributed by atoms with Gasteiger partial charge < -0.3 is 14.1 Å². The van der Waals surface area contributed by atoms with E-state index >= 15 is 0 Å². The van der Waals surface area contributed by atoms with Crippen LogP contribution in [0.1, 0.15) is 5.76 Å². The number of nitrogens with zero attached hydrogens (tertiary/aromatic N) is 4. The number of furan rings is 1. The summed E-state index contributed by atoms with van der Waals surface area (Å²) in [5.74, 6) is 1.29. The van der Waals surface area contributed by atoms with Crippen LogP contribution in [-0.2, 0) is 4.74 Å². The lowest BCUT2D eigenvalue weighted by atomic mass is 10.2. The van der Waals surface area contributed by atoms with Gasteiger partial charge in [-0.2, -0.15) is 10.1 Å². The summed E-state index contributed by atoms with van der Waals surface area (Å²) in [5.41, 5.74) is 0.928. The molecule has 164 valence electrons. The van der Waals surface area contributed by atoms with Gasteiger partial charge in [-0.25, -0.2) is 4.79 Å². The van der Waals surface area contributed by atoms with Gasteiger partial charge in [0, 0.05) is 43.3 Å². The maximum atomic E-state index is 12.1. The number of amides is 1. The molecule has 0 radical (unpaired) electrons. The molecule has 2 aliphatic rings. The first kappa shape index (κ1) is 24.5.